The summed E-state index contributed by atoms with van der Waals surface area (Å²) < 4.78 is 5.23. The molecule has 0 unspecified atom stereocenters. The minimum atomic E-state index is -0.0166. The van der Waals surface area contributed by atoms with Crippen LogP contribution in [0.3, 0.4) is 0 Å². The summed E-state index contributed by atoms with van der Waals surface area (Å²) in [6, 6.07) is 7.95. The van der Waals surface area contributed by atoms with Crippen molar-refractivity contribution in [1.82, 2.24) is 5.32 Å². The van der Waals surface area contributed by atoms with Crippen LogP contribution in [0.4, 0.5) is 5.69 Å². The zero-order valence-corrected chi connectivity index (χ0v) is 13.0. The van der Waals surface area contributed by atoms with Gasteiger partial charge in [-0.3, -0.25) is 4.79 Å². The zero-order chi connectivity index (χ0) is 15.1. The summed E-state index contributed by atoms with van der Waals surface area (Å²) >= 11 is 0. The van der Waals surface area contributed by atoms with Gasteiger partial charge in [-0.15, -0.1) is 0 Å². The molecule has 1 saturated carbocycles. The van der Waals surface area contributed by atoms with Gasteiger partial charge in [0.15, 0.2) is 0 Å². The number of carbonyl (C=O) groups excluding carboxylic acids is 1. The molecule has 1 amide bonds. The molecule has 0 radical (unpaired) electrons. The van der Waals surface area contributed by atoms with Gasteiger partial charge < -0.3 is 15.4 Å². The molecule has 0 spiro atoms. The third-order valence-electron chi connectivity index (χ3n) is 4.36. The van der Waals surface area contributed by atoms with Crippen LogP contribution in [0, 0.1) is 5.92 Å². The molecule has 0 aromatic heterocycles. The first-order chi connectivity index (χ1) is 10.2. The Morgan fingerprint density at radius 3 is 2.62 bits per heavy atom. The van der Waals surface area contributed by atoms with E-state index in [2.05, 4.69) is 17.6 Å². The van der Waals surface area contributed by atoms with Crippen LogP contribution in [-0.4, -0.2) is 25.6 Å². The van der Waals surface area contributed by atoms with E-state index in [0.717, 1.165) is 11.6 Å². The fraction of sp³-hybridized carbons (Fsp3) is 0.588. The van der Waals surface area contributed by atoms with Crippen molar-refractivity contribution < 1.29 is 9.53 Å². The largest absolute Gasteiger partial charge is 0.495 e. The van der Waals surface area contributed by atoms with E-state index < -0.39 is 0 Å². The van der Waals surface area contributed by atoms with Gasteiger partial charge in [0, 0.05) is 6.04 Å². The lowest BCUT2D eigenvalue weighted by Gasteiger charge is -2.28. The van der Waals surface area contributed by atoms with Crippen molar-refractivity contribution in [2.45, 2.75) is 45.1 Å². The summed E-state index contributed by atoms with van der Waals surface area (Å²) in [6.45, 7) is 2.62. The maximum absolute atomic E-state index is 12.0. The molecule has 1 aliphatic rings. The van der Waals surface area contributed by atoms with Gasteiger partial charge >= 0.3 is 0 Å². The van der Waals surface area contributed by atoms with E-state index in [9.17, 15) is 4.79 Å². The van der Waals surface area contributed by atoms with E-state index in [4.69, 9.17) is 4.74 Å². The summed E-state index contributed by atoms with van der Waals surface area (Å²) in [4.78, 5) is 12.0. The molecule has 4 nitrogen and oxygen atoms in total. The first-order valence-corrected chi connectivity index (χ1v) is 7.89. The molecule has 0 atom stereocenters. The normalized spacial score (nSPS) is 21.8. The second kappa shape index (κ2) is 8.03. The highest BCUT2D eigenvalue weighted by Crippen LogP contribution is 2.26. The maximum atomic E-state index is 12.0. The summed E-state index contributed by atoms with van der Waals surface area (Å²) in [7, 11) is 1.61. The molecule has 21 heavy (non-hydrogen) atoms. The van der Waals surface area contributed by atoms with Crippen LogP contribution >= 0.6 is 0 Å². The molecule has 0 heterocycles. The molecule has 0 saturated heterocycles. The van der Waals surface area contributed by atoms with Gasteiger partial charge in [-0.05, 0) is 43.7 Å². The lowest BCUT2D eigenvalue weighted by atomic mass is 9.84. The van der Waals surface area contributed by atoms with Gasteiger partial charge in [0.25, 0.3) is 0 Å². The number of nitrogens with one attached hydrogen (secondary N) is 2. The summed E-state index contributed by atoms with van der Waals surface area (Å²) in [5.74, 6) is 1.55. The van der Waals surface area contributed by atoms with Crippen molar-refractivity contribution in [2.24, 2.45) is 5.92 Å². The average Bonchev–Trinajstić information content (AvgIpc) is 2.54. The Kier molecular flexibility index (Phi) is 6.05. The van der Waals surface area contributed by atoms with Crippen LogP contribution in [-0.2, 0) is 4.79 Å². The highest BCUT2D eigenvalue weighted by Gasteiger charge is 2.20. The molecule has 4 heteroatoms. The molecule has 1 aromatic rings. The number of ether oxygens (including phenoxy) is 1. The molecule has 1 aliphatic carbocycles. The predicted octanol–water partition coefficient (Wildman–Crippen LogP) is 3.19. The van der Waals surface area contributed by atoms with E-state index in [-0.39, 0.29) is 5.91 Å². The van der Waals surface area contributed by atoms with Gasteiger partial charge in [-0.2, -0.15) is 0 Å². The first kappa shape index (κ1) is 15.8. The second-order valence-electron chi connectivity index (χ2n) is 5.76. The molecule has 0 aliphatic heterocycles. The lowest BCUT2D eigenvalue weighted by molar-refractivity contribution is -0.115. The highest BCUT2D eigenvalue weighted by atomic mass is 16.5. The number of amides is 1. The Balaban J connectivity index is 1.75. The van der Waals surface area contributed by atoms with E-state index in [0.29, 0.717) is 18.3 Å². The molecular weight excluding hydrogens is 264 g/mol. The highest BCUT2D eigenvalue weighted by molar-refractivity contribution is 5.93. The lowest BCUT2D eigenvalue weighted by Crippen LogP contribution is -2.38. The van der Waals surface area contributed by atoms with Crippen molar-refractivity contribution in [2.75, 3.05) is 19.0 Å². The number of hydrogen-bond acceptors (Lipinski definition) is 3. The SMILES string of the molecule is CCC1CCC(NCC(=O)Nc2ccccc2OC)CC1. The van der Waals surface area contributed by atoms with Crippen molar-refractivity contribution in [1.29, 1.82) is 0 Å². The van der Waals surface area contributed by atoms with Crippen LogP contribution in [0.1, 0.15) is 39.0 Å². The van der Waals surface area contributed by atoms with Crippen LogP contribution in [0.2, 0.25) is 0 Å². The van der Waals surface area contributed by atoms with Gasteiger partial charge in [0.05, 0.1) is 19.3 Å². The van der Waals surface area contributed by atoms with E-state index in [1.54, 1.807) is 7.11 Å². The van der Waals surface area contributed by atoms with Gasteiger partial charge in [0.1, 0.15) is 5.75 Å². The van der Waals surface area contributed by atoms with Crippen molar-refractivity contribution in [3.05, 3.63) is 24.3 Å². The maximum Gasteiger partial charge on any atom is 0.238 e. The first-order valence-electron chi connectivity index (χ1n) is 7.89. The quantitative estimate of drug-likeness (QED) is 0.846. The van der Waals surface area contributed by atoms with Gasteiger partial charge in [0.2, 0.25) is 5.91 Å². The van der Waals surface area contributed by atoms with Gasteiger partial charge in [-0.25, -0.2) is 0 Å². The Morgan fingerprint density at radius 1 is 1.24 bits per heavy atom. The number of rotatable bonds is 6. The molecule has 116 valence electrons. The van der Waals surface area contributed by atoms with Crippen molar-refractivity contribution in [3.63, 3.8) is 0 Å². The molecule has 2 rings (SSSR count). The van der Waals surface area contributed by atoms with E-state index in [1.165, 1.54) is 32.1 Å². The Hall–Kier alpha value is -1.55. The summed E-state index contributed by atoms with van der Waals surface area (Å²) in [5.41, 5.74) is 0.724. The number of benzene rings is 1. The summed E-state index contributed by atoms with van der Waals surface area (Å²) in [6.07, 6.45) is 6.20. The fourth-order valence-electron chi connectivity index (χ4n) is 2.95. The number of anilines is 1. The van der Waals surface area contributed by atoms with E-state index in [1.807, 2.05) is 24.3 Å². The smallest absolute Gasteiger partial charge is 0.238 e. The zero-order valence-electron chi connectivity index (χ0n) is 13.0. The average molecular weight is 290 g/mol. The van der Waals surface area contributed by atoms with Crippen LogP contribution in [0.25, 0.3) is 0 Å². The van der Waals surface area contributed by atoms with Crippen molar-refractivity contribution >= 4 is 11.6 Å². The van der Waals surface area contributed by atoms with Crippen LogP contribution in [0.15, 0.2) is 24.3 Å². The third-order valence-corrected chi connectivity index (χ3v) is 4.36. The number of methoxy groups -OCH3 is 1. The van der Waals surface area contributed by atoms with E-state index >= 15 is 0 Å². The Morgan fingerprint density at radius 2 is 1.95 bits per heavy atom. The predicted molar refractivity (Wildman–Crippen MR) is 85.7 cm³/mol. The molecule has 1 aromatic carbocycles. The monoisotopic (exact) mass is 290 g/mol. The van der Waals surface area contributed by atoms with Crippen LogP contribution in [0.5, 0.6) is 5.75 Å². The number of para-hydroxylation sites is 2. The van der Waals surface area contributed by atoms with Crippen molar-refractivity contribution in [3.8, 4) is 5.75 Å². The molecular formula is C17H26N2O2. The number of carbonyl (C=O) groups is 1. The second-order valence-corrected chi connectivity index (χ2v) is 5.76. The standard InChI is InChI=1S/C17H26N2O2/c1-3-13-8-10-14(11-9-13)18-12-17(20)19-15-6-4-5-7-16(15)21-2/h4-7,13-14,18H,3,8-12H2,1-2H3,(H,19,20). The Labute approximate surface area is 127 Å². The minimum absolute atomic E-state index is 0.0166. The van der Waals surface area contributed by atoms with Crippen LogP contribution < -0.4 is 15.4 Å². The fourth-order valence-corrected chi connectivity index (χ4v) is 2.95. The number of hydrogen-bond donors (Lipinski definition) is 2. The molecule has 0 bridgehead atoms. The minimum Gasteiger partial charge on any atom is -0.495 e. The Bertz CT molecular complexity index is 454. The third kappa shape index (κ3) is 4.74. The summed E-state index contributed by atoms with van der Waals surface area (Å²) in [5, 5.41) is 6.27. The molecule has 2 N–H and O–H groups in total. The molecule has 1 fully saturated rings. The topological polar surface area (TPSA) is 50.4 Å². The van der Waals surface area contributed by atoms with Gasteiger partial charge in [-0.1, -0.05) is 25.5 Å².